The normalized spacial score (nSPS) is 16.0. The molecule has 0 bridgehead atoms. The van der Waals surface area contributed by atoms with Crippen LogP contribution in [-0.4, -0.2) is 46.6 Å². The van der Waals surface area contributed by atoms with Crippen LogP contribution in [0.25, 0.3) is 0 Å². The highest BCUT2D eigenvalue weighted by Gasteiger charge is 2.33. The molecule has 5 nitrogen and oxygen atoms in total. The van der Waals surface area contributed by atoms with Crippen molar-refractivity contribution >= 4 is 22.6 Å². The van der Waals surface area contributed by atoms with Gasteiger partial charge in [-0.25, -0.2) is 4.79 Å². The van der Waals surface area contributed by atoms with Crippen molar-refractivity contribution in [2.45, 2.75) is 27.2 Å². The van der Waals surface area contributed by atoms with Gasteiger partial charge >= 0.3 is 6.03 Å². The number of urea groups is 1. The molecule has 0 radical (unpaired) electrons. The summed E-state index contributed by atoms with van der Waals surface area (Å²) < 4.78 is 4.45. The first-order valence-electron chi connectivity index (χ1n) is 7.29. The summed E-state index contributed by atoms with van der Waals surface area (Å²) in [4.78, 5) is 18.4. The van der Waals surface area contributed by atoms with Crippen LogP contribution in [0.1, 0.15) is 25.1 Å². The molecule has 1 aromatic heterocycles. The average molecular weight is 318 g/mol. The smallest absolute Gasteiger partial charge is 0.307 e. The number of hydrogen-bond acceptors (Lipinski definition) is 4. The van der Waals surface area contributed by atoms with Crippen LogP contribution in [0.2, 0.25) is 0 Å². The molecule has 1 aliphatic heterocycles. The van der Waals surface area contributed by atoms with E-state index in [1.54, 1.807) is 9.80 Å². The second kappa shape index (κ2) is 6.95. The van der Waals surface area contributed by atoms with Crippen molar-refractivity contribution in [1.29, 1.82) is 0 Å². The predicted molar refractivity (Wildman–Crippen MR) is 90.9 cm³/mol. The fraction of sp³-hybridized carbons (Fsp3) is 0.500. The molecule has 22 heavy (non-hydrogen) atoms. The molecular weight excluding hydrogens is 296 g/mol. The Morgan fingerprint density at radius 2 is 2.23 bits per heavy atom. The lowest BCUT2D eigenvalue weighted by atomic mass is 10.2. The third-order valence-corrected chi connectivity index (χ3v) is 4.58. The molecule has 1 saturated heterocycles. The fourth-order valence-electron chi connectivity index (χ4n) is 2.54. The van der Waals surface area contributed by atoms with Crippen LogP contribution < -0.4 is 4.90 Å². The minimum absolute atomic E-state index is 0.00863. The van der Waals surface area contributed by atoms with E-state index in [0.29, 0.717) is 26.4 Å². The van der Waals surface area contributed by atoms with E-state index in [2.05, 4.69) is 28.7 Å². The van der Waals surface area contributed by atoms with E-state index < -0.39 is 0 Å². The van der Waals surface area contributed by atoms with E-state index in [0.717, 1.165) is 28.3 Å². The Hall–Kier alpha value is -1.84. The van der Waals surface area contributed by atoms with E-state index in [-0.39, 0.29) is 6.03 Å². The highest BCUT2D eigenvalue weighted by Crippen LogP contribution is 2.31. The van der Waals surface area contributed by atoms with Crippen LogP contribution in [0.15, 0.2) is 12.2 Å². The quantitative estimate of drug-likeness (QED) is 0.619. The van der Waals surface area contributed by atoms with Gasteiger partial charge in [-0.1, -0.05) is 25.0 Å². The summed E-state index contributed by atoms with van der Waals surface area (Å²) in [6.07, 6.45) is 6.31. The first-order chi connectivity index (χ1) is 10.5. The van der Waals surface area contributed by atoms with E-state index in [1.165, 1.54) is 11.5 Å². The Balaban J connectivity index is 2.30. The average Bonchev–Trinajstić information content (AvgIpc) is 2.83. The Labute approximate surface area is 136 Å². The summed E-state index contributed by atoms with van der Waals surface area (Å²) >= 11 is 1.38. The molecule has 118 valence electrons. The molecular formula is C16H22N4OS. The van der Waals surface area contributed by atoms with Crippen molar-refractivity contribution in [3.05, 3.63) is 23.4 Å². The lowest BCUT2D eigenvalue weighted by Gasteiger charge is -2.41. The summed E-state index contributed by atoms with van der Waals surface area (Å²) in [7, 11) is 0. The summed E-state index contributed by atoms with van der Waals surface area (Å²) in [5.74, 6) is 2.66. The van der Waals surface area contributed by atoms with Crippen molar-refractivity contribution in [2.24, 2.45) is 0 Å². The number of carbonyl (C=O) groups is 1. The molecule has 1 aromatic rings. The molecule has 2 amide bonds. The van der Waals surface area contributed by atoms with E-state index >= 15 is 0 Å². The van der Waals surface area contributed by atoms with Gasteiger partial charge in [-0.05, 0) is 31.8 Å². The van der Waals surface area contributed by atoms with E-state index in [9.17, 15) is 4.79 Å². The van der Waals surface area contributed by atoms with Gasteiger partial charge in [0.1, 0.15) is 5.00 Å². The minimum atomic E-state index is -0.00863. The van der Waals surface area contributed by atoms with Gasteiger partial charge in [0, 0.05) is 12.1 Å². The van der Waals surface area contributed by atoms with Gasteiger partial charge in [0.2, 0.25) is 0 Å². The fourth-order valence-corrected chi connectivity index (χ4v) is 3.49. The molecule has 1 fully saturated rings. The molecule has 0 saturated carbocycles. The lowest BCUT2D eigenvalue weighted by molar-refractivity contribution is 0.131. The molecule has 0 N–H and O–H groups in total. The van der Waals surface area contributed by atoms with Crippen LogP contribution in [0.5, 0.6) is 0 Å². The van der Waals surface area contributed by atoms with Crippen LogP contribution in [-0.2, 0) is 6.42 Å². The number of hydrogen-bond donors (Lipinski definition) is 0. The van der Waals surface area contributed by atoms with E-state index in [4.69, 9.17) is 6.42 Å². The SMILES string of the molecule is C#CCN1CN(CC(=C)C)C(=O)N(c2snc(CC)c2C)C1. The number of carbonyl (C=O) groups excluding carboxylic acids is 1. The maximum Gasteiger partial charge on any atom is 0.327 e. The van der Waals surface area contributed by atoms with E-state index in [1.807, 2.05) is 13.8 Å². The van der Waals surface area contributed by atoms with Gasteiger partial charge in [-0.15, -0.1) is 6.42 Å². The van der Waals surface area contributed by atoms with Gasteiger partial charge in [-0.2, -0.15) is 4.37 Å². The maximum atomic E-state index is 12.8. The van der Waals surface area contributed by atoms with Gasteiger partial charge in [0.15, 0.2) is 0 Å². The summed E-state index contributed by atoms with van der Waals surface area (Å²) in [5, 5.41) is 0.912. The van der Waals surface area contributed by atoms with Crippen molar-refractivity contribution in [3.8, 4) is 12.3 Å². The van der Waals surface area contributed by atoms with Crippen molar-refractivity contribution in [1.82, 2.24) is 14.2 Å². The monoisotopic (exact) mass is 318 g/mol. The molecule has 6 heteroatoms. The van der Waals surface area contributed by atoms with Crippen LogP contribution >= 0.6 is 11.5 Å². The Morgan fingerprint density at radius 1 is 1.50 bits per heavy atom. The van der Waals surface area contributed by atoms with Crippen molar-refractivity contribution < 1.29 is 4.79 Å². The molecule has 2 rings (SSSR count). The number of terminal acetylenes is 1. The van der Waals surface area contributed by atoms with Gasteiger partial charge in [0.25, 0.3) is 0 Å². The number of aryl methyl sites for hydroxylation is 1. The molecule has 0 unspecified atom stereocenters. The topological polar surface area (TPSA) is 39.7 Å². The number of nitrogens with zero attached hydrogens (tertiary/aromatic N) is 4. The van der Waals surface area contributed by atoms with Crippen LogP contribution in [0.3, 0.4) is 0 Å². The van der Waals surface area contributed by atoms with Crippen molar-refractivity contribution in [2.75, 3.05) is 31.3 Å². The lowest BCUT2D eigenvalue weighted by Crippen LogP contribution is -2.58. The zero-order chi connectivity index (χ0) is 16.3. The number of amides is 2. The Morgan fingerprint density at radius 3 is 2.77 bits per heavy atom. The largest absolute Gasteiger partial charge is 0.327 e. The molecule has 0 aromatic carbocycles. The molecule has 1 aliphatic rings. The van der Waals surface area contributed by atoms with Crippen LogP contribution in [0, 0.1) is 19.3 Å². The zero-order valence-corrected chi connectivity index (χ0v) is 14.2. The number of aromatic nitrogens is 1. The molecule has 0 aliphatic carbocycles. The first kappa shape index (κ1) is 16.5. The summed E-state index contributed by atoms with van der Waals surface area (Å²) in [6, 6.07) is -0.00863. The maximum absolute atomic E-state index is 12.8. The second-order valence-electron chi connectivity index (χ2n) is 5.59. The predicted octanol–water partition coefficient (Wildman–Crippen LogP) is 2.68. The van der Waals surface area contributed by atoms with Gasteiger partial charge in [0.05, 0.1) is 25.6 Å². The second-order valence-corrected chi connectivity index (χ2v) is 6.35. The number of rotatable bonds is 5. The summed E-state index contributed by atoms with van der Waals surface area (Å²) in [6.45, 7) is 12.0. The first-order valence-corrected chi connectivity index (χ1v) is 8.07. The minimum Gasteiger partial charge on any atom is -0.307 e. The molecule has 0 spiro atoms. The standard InChI is InChI=1S/C16H22N4OS/c1-6-8-18-10-19(9-12(3)4)16(21)20(11-18)15-13(5)14(7-2)17-22-15/h1H,3,7-11H2,2,4-5H3. The van der Waals surface area contributed by atoms with Gasteiger partial charge in [-0.3, -0.25) is 9.80 Å². The number of anilines is 1. The third kappa shape index (κ3) is 3.32. The highest BCUT2D eigenvalue weighted by molar-refractivity contribution is 7.10. The Kier molecular flexibility index (Phi) is 5.22. The molecule has 0 atom stereocenters. The third-order valence-electron chi connectivity index (χ3n) is 3.57. The highest BCUT2D eigenvalue weighted by atomic mass is 32.1. The van der Waals surface area contributed by atoms with Crippen molar-refractivity contribution in [3.63, 3.8) is 0 Å². The van der Waals surface area contributed by atoms with Gasteiger partial charge < -0.3 is 4.90 Å². The molecule has 2 heterocycles. The Bertz CT molecular complexity index is 616. The van der Waals surface area contributed by atoms with Crippen LogP contribution in [0.4, 0.5) is 9.80 Å². The zero-order valence-electron chi connectivity index (χ0n) is 13.4. The summed E-state index contributed by atoms with van der Waals surface area (Å²) in [5.41, 5.74) is 3.08.